The van der Waals surface area contributed by atoms with Gasteiger partial charge >= 0.3 is 0 Å². The van der Waals surface area contributed by atoms with E-state index < -0.39 is 0 Å². The van der Waals surface area contributed by atoms with Crippen LogP contribution in [0.3, 0.4) is 0 Å². The summed E-state index contributed by atoms with van der Waals surface area (Å²) < 4.78 is 0. The van der Waals surface area contributed by atoms with E-state index in [2.05, 4.69) is 10.2 Å². The summed E-state index contributed by atoms with van der Waals surface area (Å²) in [7, 11) is 0. The topological polar surface area (TPSA) is 32.3 Å². The van der Waals surface area contributed by atoms with Gasteiger partial charge in [-0.2, -0.15) is 0 Å². The third-order valence-electron chi connectivity index (χ3n) is 6.76. The Morgan fingerprint density at radius 3 is 1.91 bits per heavy atom. The molecule has 0 spiro atoms. The van der Waals surface area contributed by atoms with E-state index in [4.69, 9.17) is 0 Å². The lowest BCUT2D eigenvalue weighted by Gasteiger charge is -2.57. The zero-order valence-electron chi connectivity index (χ0n) is 14.0. The highest BCUT2D eigenvalue weighted by molar-refractivity contribution is 5.79. The first-order chi connectivity index (χ1) is 10.7. The number of rotatable bonds is 3. The van der Waals surface area contributed by atoms with Gasteiger partial charge in [-0.3, -0.25) is 9.69 Å². The fourth-order valence-electron chi connectivity index (χ4n) is 6.27. The molecule has 4 saturated carbocycles. The number of amides is 1. The van der Waals surface area contributed by atoms with Crippen LogP contribution in [0.5, 0.6) is 0 Å². The van der Waals surface area contributed by atoms with E-state index in [1.54, 1.807) is 0 Å². The van der Waals surface area contributed by atoms with Crippen LogP contribution in [-0.2, 0) is 4.79 Å². The Morgan fingerprint density at radius 2 is 1.36 bits per heavy atom. The molecule has 1 aliphatic heterocycles. The number of nitrogens with zero attached hydrogens (tertiary/aromatic N) is 1. The van der Waals surface area contributed by atoms with E-state index in [0.29, 0.717) is 12.5 Å². The zero-order chi connectivity index (χ0) is 15.0. The van der Waals surface area contributed by atoms with Crippen LogP contribution >= 0.6 is 0 Å². The minimum Gasteiger partial charge on any atom is -0.350 e. The van der Waals surface area contributed by atoms with Crippen molar-refractivity contribution in [1.82, 2.24) is 10.2 Å². The molecular weight excluding hydrogens is 272 g/mol. The van der Waals surface area contributed by atoms with Gasteiger partial charge in [0.2, 0.25) is 5.91 Å². The first-order valence-corrected chi connectivity index (χ1v) is 9.74. The molecule has 5 aliphatic rings. The second-order valence-electron chi connectivity index (χ2n) is 8.79. The van der Waals surface area contributed by atoms with Crippen LogP contribution in [0.25, 0.3) is 0 Å². The van der Waals surface area contributed by atoms with Crippen molar-refractivity contribution in [1.29, 1.82) is 0 Å². The smallest absolute Gasteiger partial charge is 0.234 e. The van der Waals surface area contributed by atoms with E-state index in [0.717, 1.165) is 30.8 Å². The molecule has 3 heteroatoms. The minimum absolute atomic E-state index is 0.189. The summed E-state index contributed by atoms with van der Waals surface area (Å²) in [5.41, 5.74) is 0.189. The molecule has 4 bridgehead atoms. The molecule has 5 fully saturated rings. The summed E-state index contributed by atoms with van der Waals surface area (Å²) in [4.78, 5) is 15.0. The van der Waals surface area contributed by atoms with Gasteiger partial charge in [0.15, 0.2) is 0 Å². The van der Waals surface area contributed by atoms with Crippen LogP contribution in [0, 0.1) is 17.8 Å². The molecule has 4 aliphatic carbocycles. The summed E-state index contributed by atoms with van der Waals surface area (Å²) >= 11 is 0. The van der Waals surface area contributed by atoms with Crippen LogP contribution in [0.15, 0.2) is 0 Å². The Bertz CT molecular complexity index is 376. The van der Waals surface area contributed by atoms with Gasteiger partial charge in [-0.25, -0.2) is 0 Å². The second-order valence-corrected chi connectivity index (χ2v) is 8.79. The number of hydrogen-bond donors (Lipinski definition) is 1. The molecule has 1 amide bonds. The summed E-state index contributed by atoms with van der Waals surface area (Å²) in [5.74, 6) is 3.04. The Morgan fingerprint density at radius 1 is 0.864 bits per heavy atom. The molecule has 3 nitrogen and oxygen atoms in total. The van der Waals surface area contributed by atoms with Crippen LogP contribution in [0.4, 0.5) is 0 Å². The predicted molar refractivity (Wildman–Crippen MR) is 88.6 cm³/mol. The van der Waals surface area contributed by atoms with Crippen molar-refractivity contribution in [2.75, 3.05) is 19.6 Å². The fourth-order valence-corrected chi connectivity index (χ4v) is 6.27. The maximum Gasteiger partial charge on any atom is 0.234 e. The minimum atomic E-state index is 0.189. The van der Waals surface area contributed by atoms with Crippen molar-refractivity contribution in [3.63, 3.8) is 0 Å². The van der Waals surface area contributed by atoms with E-state index in [9.17, 15) is 4.79 Å². The predicted octanol–water partition coefficient (Wildman–Crippen LogP) is 3.34. The molecule has 5 rings (SSSR count). The number of carbonyl (C=O) groups excluding carboxylic acids is 1. The first-order valence-electron chi connectivity index (χ1n) is 9.74. The molecule has 1 N–H and O–H groups in total. The molecular formula is C19H32N2O. The van der Waals surface area contributed by atoms with Crippen LogP contribution in [-0.4, -0.2) is 36.0 Å². The molecule has 0 aromatic carbocycles. The number of likely N-dealkylation sites (tertiary alicyclic amines) is 1. The average molecular weight is 304 g/mol. The van der Waals surface area contributed by atoms with Gasteiger partial charge in [0.1, 0.15) is 0 Å². The Balaban J connectivity index is 1.33. The average Bonchev–Trinajstić information content (AvgIpc) is 2.39. The highest BCUT2D eigenvalue weighted by Gasteiger charge is 2.51. The third kappa shape index (κ3) is 3.20. The van der Waals surface area contributed by atoms with Crippen molar-refractivity contribution in [3.05, 3.63) is 0 Å². The quantitative estimate of drug-likeness (QED) is 0.867. The van der Waals surface area contributed by atoms with E-state index in [1.807, 2.05) is 0 Å². The molecule has 1 saturated heterocycles. The first kappa shape index (κ1) is 15.0. The lowest BCUT2D eigenvalue weighted by atomic mass is 9.53. The molecule has 0 atom stereocenters. The zero-order valence-corrected chi connectivity index (χ0v) is 14.0. The van der Waals surface area contributed by atoms with E-state index >= 15 is 0 Å². The summed E-state index contributed by atoms with van der Waals surface area (Å²) in [6.45, 7) is 2.88. The van der Waals surface area contributed by atoms with Gasteiger partial charge < -0.3 is 5.32 Å². The van der Waals surface area contributed by atoms with E-state index in [-0.39, 0.29) is 5.54 Å². The standard InChI is InChI=1S/C19H32N2O/c22-18(14-21-6-4-2-1-3-5-7-21)20-19-11-15-8-16(12-19)10-17(9-15)13-19/h15-17H,1-14H2,(H,20,22). The molecule has 124 valence electrons. The lowest BCUT2D eigenvalue weighted by molar-refractivity contribution is -0.128. The summed E-state index contributed by atoms with van der Waals surface area (Å²) in [5, 5.41) is 3.53. The van der Waals surface area contributed by atoms with Gasteiger partial charge in [-0.1, -0.05) is 19.3 Å². The van der Waals surface area contributed by atoms with Gasteiger partial charge in [-0.05, 0) is 82.2 Å². The molecule has 22 heavy (non-hydrogen) atoms. The van der Waals surface area contributed by atoms with Gasteiger partial charge in [0.25, 0.3) is 0 Å². The maximum atomic E-state index is 12.6. The third-order valence-corrected chi connectivity index (χ3v) is 6.76. The maximum absolute atomic E-state index is 12.6. The summed E-state index contributed by atoms with van der Waals surface area (Å²) in [6, 6.07) is 0. The molecule has 1 heterocycles. The van der Waals surface area contributed by atoms with Crippen LogP contribution < -0.4 is 5.32 Å². The second kappa shape index (κ2) is 6.14. The van der Waals surface area contributed by atoms with Gasteiger partial charge in [0.05, 0.1) is 6.54 Å². The van der Waals surface area contributed by atoms with Crippen LogP contribution in [0.1, 0.15) is 70.6 Å². The monoisotopic (exact) mass is 304 g/mol. The number of nitrogens with one attached hydrogen (secondary N) is 1. The number of hydrogen-bond acceptors (Lipinski definition) is 2. The van der Waals surface area contributed by atoms with Crippen LogP contribution in [0.2, 0.25) is 0 Å². The Labute approximate surface area is 135 Å². The number of carbonyl (C=O) groups is 1. The fraction of sp³-hybridized carbons (Fsp3) is 0.947. The van der Waals surface area contributed by atoms with Gasteiger partial charge in [0, 0.05) is 5.54 Å². The SMILES string of the molecule is O=C(CN1CCCCCCC1)NC12CC3CC(CC(C3)C1)C2. The summed E-state index contributed by atoms with van der Waals surface area (Å²) in [6.07, 6.45) is 14.7. The molecule has 0 aromatic heterocycles. The van der Waals surface area contributed by atoms with Gasteiger partial charge in [-0.15, -0.1) is 0 Å². The van der Waals surface area contributed by atoms with Crippen molar-refractivity contribution >= 4 is 5.91 Å². The van der Waals surface area contributed by atoms with Crippen molar-refractivity contribution in [3.8, 4) is 0 Å². The molecule has 0 radical (unpaired) electrons. The highest BCUT2D eigenvalue weighted by atomic mass is 16.2. The Kier molecular flexibility index (Phi) is 4.19. The van der Waals surface area contributed by atoms with E-state index in [1.165, 1.54) is 70.6 Å². The Hall–Kier alpha value is -0.570. The molecule has 0 aromatic rings. The largest absolute Gasteiger partial charge is 0.350 e. The van der Waals surface area contributed by atoms with Crippen molar-refractivity contribution < 1.29 is 4.79 Å². The van der Waals surface area contributed by atoms with Crippen molar-refractivity contribution in [2.24, 2.45) is 17.8 Å². The van der Waals surface area contributed by atoms with Crippen molar-refractivity contribution in [2.45, 2.75) is 76.2 Å². The lowest BCUT2D eigenvalue weighted by Crippen LogP contribution is -2.61. The highest BCUT2D eigenvalue weighted by Crippen LogP contribution is 2.55. The normalized spacial score (nSPS) is 41.9. The molecule has 0 unspecified atom stereocenters.